The average molecular weight is 343 g/mol. The fourth-order valence-corrected chi connectivity index (χ4v) is 2.30. The lowest BCUT2D eigenvalue weighted by atomic mass is 10.1. The molecule has 25 heavy (non-hydrogen) atoms. The standard InChI is InChI=1S/C17H13NO7/c1-22-11-3-5-14(23-2)13(9-11)15-8-10(17(19)25-15)7-12-4-6-16(24-12)18(20)21/h3-9H,1-2H3/b10-7+. The first kappa shape index (κ1) is 16.3. The highest BCUT2D eigenvalue weighted by atomic mass is 16.6. The van der Waals surface area contributed by atoms with E-state index in [1.54, 1.807) is 18.2 Å². The molecule has 0 saturated carbocycles. The van der Waals surface area contributed by atoms with Crippen LogP contribution in [0.25, 0.3) is 11.8 Å². The maximum Gasteiger partial charge on any atom is 0.433 e. The Hall–Kier alpha value is -3.55. The van der Waals surface area contributed by atoms with Gasteiger partial charge in [-0.2, -0.15) is 0 Å². The van der Waals surface area contributed by atoms with Crippen LogP contribution >= 0.6 is 0 Å². The Balaban J connectivity index is 1.97. The van der Waals surface area contributed by atoms with Crippen molar-refractivity contribution in [1.29, 1.82) is 0 Å². The minimum atomic E-state index is -0.655. The highest BCUT2D eigenvalue weighted by molar-refractivity contribution is 6.05. The van der Waals surface area contributed by atoms with E-state index in [1.807, 2.05) is 0 Å². The van der Waals surface area contributed by atoms with Gasteiger partial charge in [0.15, 0.2) is 0 Å². The van der Waals surface area contributed by atoms with Crippen LogP contribution in [0.3, 0.4) is 0 Å². The Kier molecular flexibility index (Phi) is 4.25. The Morgan fingerprint density at radius 3 is 2.60 bits per heavy atom. The van der Waals surface area contributed by atoms with Gasteiger partial charge in [0.1, 0.15) is 27.9 Å². The van der Waals surface area contributed by atoms with E-state index < -0.39 is 16.8 Å². The van der Waals surface area contributed by atoms with Crippen molar-refractivity contribution in [3.05, 3.63) is 63.4 Å². The predicted octanol–water partition coefficient (Wildman–Crippen LogP) is 3.19. The van der Waals surface area contributed by atoms with Crippen LogP contribution in [0.15, 0.2) is 46.4 Å². The molecule has 0 bridgehead atoms. The third-order valence-electron chi connectivity index (χ3n) is 3.49. The molecule has 1 aliphatic rings. The van der Waals surface area contributed by atoms with Gasteiger partial charge in [-0.1, -0.05) is 0 Å². The number of furan rings is 1. The fraction of sp³-hybridized carbons (Fsp3) is 0.118. The first-order valence-corrected chi connectivity index (χ1v) is 7.14. The lowest BCUT2D eigenvalue weighted by molar-refractivity contribution is -0.402. The number of nitrogens with zero attached hydrogens (tertiary/aromatic N) is 1. The number of hydrogen-bond donors (Lipinski definition) is 0. The molecule has 8 nitrogen and oxygen atoms in total. The van der Waals surface area contributed by atoms with Crippen molar-refractivity contribution in [1.82, 2.24) is 0 Å². The van der Waals surface area contributed by atoms with Gasteiger partial charge in [-0.3, -0.25) is 10.1 Å². The lowest BCUT2D eigenvalue weighted by Gasteiger charge is -2.10. The van der Waals surface area contributed by atoms with Crippen molar-refractivity contribution in [2.75, 3.05) is 14.2 Å². The maximum atomic E-state index is 12.1. The SMILES string of the molecule is COc1ccc(OC)c(C2=C/C(=C\c3ccc([N+](=O)[O-])o3)C(=O)O2)c1. The molecule has 2 heterocycles. The molecule has 1 aromatic carbocycles. The molecule has 0 aliphatic carbocycles. The topological polar surface area (TPSA) is 101 Å². The van der Waals surface area contributed by atoms with E-state index in [-0.39, 0.29) is 17.1 Å². The van der Waals surface area contributed by atoms with Gasteiger partial charge in [-0.15, -0.1) is 0 Å². The molecule has 0 atom stereocenters. The number of ether oxygens (including phenoxy) is 3. The van der Waals surface area contributed by atoms with Crippen LogP contribution < -0.4 is 9.47 Å². The second-order valence-corrected chi connectivity index (χ2v) is 5.00. The number of nitro groups is 1. The molecular formula is C17H13NO7. The van der Waals surface area contributed by atoms with E-state index in [0.717, 1.165) is 0 Å². The summed E-state index contributed by atoms with van der Waals surface area (Å²) in [6, 6.07) is 7.70. The zero-order valence-corrected chi connectivity index (χ0v) is 13.3. The van der Waals surface area contributed by atoms with Gasteiger partial charge >= 0.3 is 11.9 Å². The van der Waals surface area contributed by atoms with E-state index >= 15 is 0 Å². The smallest absolute Gasteiger partial charge is 0.433 e. The van der Waals surface area contributed by atoms with Crippen LogP contribution in [0.5, 0.6) is 11.5 Å². The van der Waals surface area contributed by atoms with Gasteiger partial charge < -0.3 is 18.6 Å². The second kappa shape index (κ2) is 6.52. The number of benzene rings is 1. The molecule has 1 aliphatic heterocycles. The fourth-order valence-electron chi connectivity index (χ4n) is 2.30. The maximum absolute atomic E-state index is 12.1. The van der Waals surface area contributed by atoms with Crippen molar-refractivity contribution in [3.63, 3.8) is 0 Å². The van der Waals surface area contributed by atoms with E-state index in [1.165, 1.54) is 38.5 Å². The van der Waals surface area contributed by atoms with Crippen LogP contribution in [0, 0.1) is 10.1 Å². The van der Waals surface area contributed by atoms with Crippen molar-refractivity contribution in [3.8, 4) is 11.5 Å². The predicted molar refractivity (Wildman–Crippen MR) is 87.0 cm³/mol. The molecule has 0 unspecified atom stereocenters. The Labute approximate surface area is 142 Å². The Morgan fingerprint density at radius 1 is 1.16 bits per heavy atom. The summed E-state index contributed by atoms with van der Waals surface area (Å²) in [7, 11) is 3.02. The second-order valence-electron chi connectivity index (χ2n) is 5.00. The summed E-state index contributed by atoms with van der Waals surface area (Å²) in [5, 5.41) is 10.6. The summed E-state index contributed by atoms with van der Waals surface area (Å²) in [4.78, 5) is 22.1. The van der Waals surface area contributed by atoms with Gasteiger partial charge in [0.25, 0.3) is 0 Å². The monoisotopic (exact) mass is 343 g/mol. The highest BCUT2D eigenvalue weighted by Gasteiger charge is 2.25. The van der Waals surface area contributed by atoms with Crippen molar-refractivity contribution >= 4 is 23.7 Å². The molecule has 1 aromatic heterocycles. The molecule has 128 valence electrons. The summed E-state index contributed by atoms with van der Waals surface area (Å²) in [5.74, 6) is 0.541. The van der Waals surface area contributed by atoms with Crippen LogP contribution in [0.1, 0.15) is 11.3 Å². The molecule has 3 rings (SSSR count). The third kappa shape index (κ3) is 3.23. The van der Waals surface area contributed by atoms with Gasteiger partial charge in [-0.25, -0.2) is 4.79 Å². The van der Waals surface area contributed by atoms with Crippen LogP contribution in [0.2, 0.25) is 0 Å². The zero-order chi connectivity index (χ0) is 18.0. The molecule has 0 N–H and O–H groups in total. The summed E-state index contributed by atoms with van der Waals surface area (Å²) in [5.41, 5.74) is 0.744. The zero-order valence-electron chi connectivity index (χ0n) is 13.3. The number of rotatable bonds is 5. The number of esters is 1. The number of cyclic esters (lactones) is 1. The van der Waals surface area contributed by atoms with Gasteiger partial charge in [0.2, 0.25) is 0 Å². The van der Waals surface area contributed by atoms with E-state index in [2.05, 4.69) is 0 Å². The summed E-state index contributed by atoms with van der Waals surface area (Å²) in [6.45, 7) is 0. The van der Waals surface area contributed by atoms with Gasteiger partial charge in [0.05, 0.1) is 31.4 Å². The van der Waals surface area contributed by atoms with Gasteiger partial charge in [-0.05, 0) is 36.4 Å². The minimum Gasteiger partial charge on any atom is -0.497 e. The molecular weight excluding hydrogens is 330 g/mol. The summed E-state index contributed by atoms with van der Waals surface area (Å²) < 4.78 is 20.7. The van der Waals surface area contributed by atoms with E-state index in [4.69, 9.17) is 18.6 Å². The highest BCUT2D eigenvalue weighted by Crippen LogP contribution is 2.35. The van der Waals surface area contributed by atoms with E-state index in [0.29, 0.717) is 17.1 Å². The first-order chi connectivity index (χ1) is 12.0. The van der Waals surface area contributed by atoms with Crippen molar-refractivity contribution < 1.29 is 28.3 Å². The molecule has 8 heteroatoms. The summed E-state index contributed by atoms with van der Waals surface area (Å²) >= 11 is 0. The Bertz CT molecular complexity index is 907. The largest absolute Gasteiger partial charge is 0.497 e. The lowest BCUT2D eigenvalue weighted by Crippen LogP contribution is -1.98. The Morgan fingerprint density at radius 2 is 1.96 bits per heavy atom. The van der Waals surface area contributed by atoms with Gasteiger partial charge in [0, 0.05) is 0 Å². The first-order valence-electron chi connectivity index (χ1n) is 7.14. The third-order valence-corrected chi connectivity index (χ3v) is 3.49. The summed E-state index contributed by atoms with van der Waals surface area (Å²) in [6.07, 6.45) is 2.88. The number of carbonyl (C=O) groups excluding carboxylic acids is 1. The number of carbonyl (C=O) groups is 1. The van der Waals surface area contributed by atoms with Crippen molar-refractivity contribution in [2.45, 2.75) is 0 Å². The van der Waals surface area contributed by atoms with Crippen LogP contribution in [0.4, 0.5) is 5.88 Å². The molecule has 0 amide bonds. The minimum absolute atomic E-state index is 0.175. The molecule has 2 aromatic rings. The molecule has 0 radical (unpaired) electrons. The number of hydrogen-bond acceptors (Lipinski definition) is 7. The quantitative estimate of drug-likeness (QED) is 0.355. The normalized spacial score (nSPS) is 15.0. The van der Waals surface area contributed by atoms with Crippen LogP contribution in [-0.4, -0.2) is 25.1 Å². The van der Waals surface area contributed by atoms with Crippen molar-refractivity contribution in [2.24, 2.45) is 0 Å². The molecule has 0 fully saturated rings. The van der Waals surface area contributed by atoms with E-state index in [9.17, 15) is 14.9 Å². The number of methoxy groups -OCH3 is 2. The van der Waals surface area contributed by atoms with Crippen LogP contribution in [-0.2, 0) is 9.53 Å². The molecule has 0 spiro atoms. The average Bonchev–Trinajstić information content (AvgIpc) is 3.22. The molecule has 0 saturated heterocycles.